The van der Waals surface area contributed by atoms with Crippen LogP contribution in [-0.4, -0.2) is 19.0 Å². The number of ether oxygens (including phenoxy) is 2. The fraction of sp³-hybridized carbons (Fsp3) is 0.538. The van der Waals surface area contributed by atoms with Crippen LogP contribution < -0.4 is 9.47 Å². The Kier molecular flexibility index (Phi) is 4.66. The van der Waals surface area contributed by atoms with Crippen molar-refractivity contribution in [3.05, 3.63) is 23.8 Å². The topological polar surface area (TPSA) is 18.5 Å². The summed E-state index contributed by atoms with van der Waals surface area (Å²) < 4.78 is 10.8. The lowest BCUT2D eigenvalue weighted by atomic mass is 9.87. The van der Waals surface area contributed by atoms with Crippen LogP contribution in [0.5, 0.6) is 11.5 Å². The van der Waals surface area contributed by atoms with Gasteiger partial charge in [-0.15, -0.1) is 0 Å². The lowest BCUT2D eigenvalue weighted by Gasteiger charge is -2.23. The maximum absolute atomic E-state index is 5.49. The number of benzene rings is 1. The molecule has 2 nitrogen and oxygen atoms in total. The van der Waals surface area contributed by atoms with Crippen LogP contribution >= 0.6 is 15.9 Å². The standard InChI is InChI=1S/C13H19BrO2/c1-5-16-11-7-6-10(8-12(11)15-4)13(2,3)9-14/h6-8H,5,9H2,1-4H3. The minimum absolute atomic E-state index is 0.0953. The molecular weight excluding hydrogens is 268 g/mol. The quantitative estimate of drug-likeness (QED) is 0.768. The molecule has 1 aromatic rings. The Bertz CT molecular complexity index is 348. The molecule has 90 valence electrons. The van der Waals surface area contributed by atoms with Crippen molar-refractivity contribution < 1.29 is 9.47 Å². The first-order valence-corrected chi connectivity index (χ1v) is 6.54. The Labute approximate surface area is 106 Å². The van der Waals surface area contributed by atoms with Gasteiger partial charge in [0.05, 0.1) is 13.7 Å². The lowest BCUT2D eigenvalue weighted by molar-refractivity contribution is 0.310. The van der Waals surface area contributed by atoms with E-state index in [0.29, 0.717) is 6.61 Å². The van der Waals surface area contributed by atoms with E-state index in [1.54, 1.807) is 7.11 Å². The molecule has 0 spiro atoms. The highest BCUT2D eigenvalue weighted by atomic mass is 79.9. The molecule has 0 bridgehead atoms. The number of halogens is 1. The fourth-order valence-corrected chi connectivity index (χ4v) is 1.76. The summed E-state index contributed by atoms with van der Waals surface area (Å²) in [6, 6.07) is 6.11. The number of hydrogen-bond donors (Lipinski definition) is 0. The highest BCUT2D eigenvalue weighted by molar-refractivity contribution is 9.09. The Balaban J connectivity index is 3.08. The second kappa shape index (κ2) is 5.58. The van der Waals surface area contributed by atoms with E-state index in [1.165, 1.54) is 5.56 Å². The second-order valence-corrected chi connectivity index (χ2v) is 4.88. The Hall–Kier alpha value is -0.700. The van der Waals surface area contributed by atoms with Crippen LogP contribution in [0.4, 0.5) is 0 Å². The van der Waals surface area contributed by atoms with Crippen LogP contribution in [0.25, 0.3) is 0 Å². The largest absolute Gasteiger partial charge is 0.493 e. The lowest BCUT2D eigenvalue weighted by Crippen LogP contribution is -2.18. The molecule has 0 atom stereocenters. The maximum atomic E-state index is 5.49. The van der Waals surface area contributed by atoms with Gasteiger partial charge in [0.15, 0.2) is 11.5 Å². The smallest absolute Gasteiger partial charge is 0.161 e. The first kappa shape index (κ1) is 13.4. The molecule has 3 heteroatoms. The second-order valence-electron chi connectivity index (χ2n) is 4.32. The van der Waals surface area contributed by atoms with Gasteiger partial charge in [0.2, 0.25) is 0 Å². The third-order valence-corrected chi connectivity index (χ3v) is 3.98. The summed E-state index contributed by atoms with van der Waals surface area (Å²) >= 11 is 3.53. The van der Waals surface area contributed by atoms with Crippen LogP contribution in [-0.2, 0) is 5.41 Å². The molecule has 0 radical (unpaired) electrons. The molecule has 0 fully saturated rings. The van der Waals surface area contributed by atoms with Gasteiger partial charge in [0.25, 0.3) is 0 Å². The van der Waals surface area contributed by atoms with Gasteiger partial charge in [-0.3, -0.25) is 0 Å². The Morgan fingerprint density at radius 1 is 1.25 bits per heavy atom. The van der Waals surface area contributed by atoms with Gasteiger partial charge in [-0.1, -0.05) is 35.8 Å². The summed E-state index contributed by atoms with van der Waals surface area (Å²) in [5.74, 6) is 1.60. The molecule has 0 aliphatic heterocycles. The molecule has 0 saturated heterocycles. The summed E-state index contributed by atoms with van der Waals surface area (Å²) in [7, 11) is 1.67. The van der Waals surface area contributed by atoms with E-state index < -0.39 is 0 Å². The van der Waals surface area contributed by atoms with Gasteiger partial charge in [0.1, 0.15) is 0 Å². The van der Waals surface area contributed by atoms with Gasteiger partial charge >= 0.3 is 0 Å². The maximum Gasteiger partial charge on any atom is 0.161 e. The zero-order chi connectivity index (χ0) is 12.2. The van der Waals surface area contributed by atoms with Gasteiger partial charge < -0.3 is 9.47 Å². The third-order valence-electron chi connectivity index (χ3n) is 2.58. The molecule has 0 aliphatic carbocycles. The van der Waals surface area contributed by atoms with E-state index in [9.17, 15) is 0 Å². The van der Waals surface area contributed by atoms with Crippen molar-refractivity contribution in [2.45, 2.75) is 26.2 Å². The normalized spacial score (nSPS) is 11.3. The highest BCUT2D eigenvalue weighted by Gasteiger charge is 2.20. The molecule has 0 heterocycles. The van der Waals surface area contributed by atoms with Gasteiger partial charge in [0, 0.05) is 5.33 Å². The molecule has 1 aromatic carbocycles. The molecule has 0 unspecified atom stereocenters. The molecule has 0 N–H and O–H groups in total. The minimum atomic E-state index is 0.0953. The van der Waals surface area contributed by atoms with E-state index >= 15 is 0 Å². The van der Waals surface area contributed by atoms with Crippen LogP contribution in [0.15, 0.2) is 18.2 Å². The SMILES string of the molecule is CCOc1ccc(C(C)(C)CBr)cc1OC. The van der Waals surface area contributed by atoms with E-state index in [2.05, 4.69) is 35.8 Å². The number of hydrogen-bond acceptors (Lipinski definition) is 2. The van der Waals surface area contributed by atoms with Crippen molar-refractivity contribution in [3.8, 4) is 11.5 Å². The average molecular weight is 287 g/mol. The average Bonchev–Trinajstić information content (AvgIpc) is 2.29. The molecule has 1 rings (SSSR count). The van der Waals surface area contributed by atoms with Gasteiger partial charge in [-0.05, 0) is 30.0 Å². The van der Waals surface area contributed by atoms with Crippen molar-refractivity contribution in [2.24, 2.45) is 0 Å². The molecular formula is C13H19BrO2. The van der Waals surface area contributed by atoms with Crippen LogP contribution in [0.3, 0.4) is 0 Å². The zero-order valence-corrected chi connectivity index (χ0v) is 11.9. The van der Waals surface area contributed by atoms with Gasteiger partial charge in [-0.25, -0.2) is 0 Å². The molecule has 0 aromatic heterocycles. The van der Waals surface area contributed by atoms with Crippen LogP contribution in [0.2, 0.25) is 0 Å². The summed E-state index contributed by atoms with van der Waals surface area (Å²) in [6.07, 6.45) is 0. The van der Waals surface area contributed by atoms with E-state index in [-0.39, 0.29) is 5.41 Å². The van der Waals surface area contributed by atoms with E-state index in [1.807, 2.05) is 19.1 Å². The fourth-order valence-electron chi connectivity index (χ4n) is 1.44. The van der Waals surface area contributed by atoms with Crippen molar-refractivity contribution in [1.82, 2.24) is 0 Å². The predicted octanol–water partition coefficient (Wildman–Crippen LogP) is 3.77. The van der Waals surface area contributed by atoms with E-state index in [0.717, 1.165) is 16.8 Å². The van der Waals surface area contributed by atoms with Crippen LogP contribution in [0, 0.1) is 0 Å². The molecule has 0 saturated carbocycles. The van der Waals surface area contributed by atoms with E-state index in [4.69, 9.17) is 9.47 Å². The predicted molar refractivity (Wildman–Crippen MR) is 71.0 cm³/mol. The summed E-state index contributed by atoms with van der Waals surface area (Å²) in [6.45, 7) is 7.00. The van der Waals surface area contributed by atoms with Crippen molar-refractivity contribution in [3.63, 3.8) is 0 Å². The van der Waals surface area contributed by atoms with Crippen molar-refractivity contribution in [2.75, 3.05) is 19.0 Å². The summed E-state index contributed by atoms with van der Waals surface area (Å²) in [5.41, 5.74) is 1.34. The molecule has 0 aliphatic rings. The Morgan fingerprint density at radius 2 is 1.94 bits per heavy atom. The Morgan fingerprint density at radius 3 is 2.44 bits per heavy atom. The third kappa shape index (κ3) is 2.91. The molecule has 16 heavy (non-hydrogen) atoms. The van der Waals surface area contributed by atoms with Gasteiger partial charge in [-0.2, -0.15) is 0 Å². The first-order valence-electron chi connectivity index (χ1n) is 5.42. The highest BCUT2D eigenvalue weighted by Crippen LogP contribution is 2.34. The number of alkyl halides is 1. The number of methoxy groups -OCH3 is 1. The summed E-state index contributed by atoms with van der Waals surface area (Å²) in [4.78, 5) is 0. The van der Waals surface area contributed by atoms with Crippen molar-refractivity contribution in [1.29, 1.82) is 0 Å². The first-order chi connectivity index (χ1) is 7.55. The zero-order valence-electron chi connectivity index (χ0n) is 10.3. The monoisotopic (exact) mass is 286 g/mol. The number of rotatable bonds is 5. The minimum Gasteiger partial charge on any atom is -0.493 e. The van der Waals surface area contributed by atoms with Crippen molar-refractivity contribution >= 4 is 15.9 Å². The molecule has 0 amide bonds. The van der Waals surface area contributed by atoms with Crippen LogP contribution in [0.1, 0.15) is 26.3 Å². The summed E-state index contributed by atoms with van der Waals surface area (Å²) in [5, 5.41) is 0.914.